The molecule has 144 valence electrons. The zero-order chi connectivity index (χ0) is 20.0. The third-order valence-corrected chi connectivity index (χ3v) is 6.27. The predicted octanol–water partition coefficient (Wildman–Crippen LogP) is 4.70. The molecule has 0 fully saturated rings. The van der Waals surface area contributed by atoms with E-state index in [1.54, 1.807) is 18.2 Å². The minimum atomic E-state index is -0.373. The van der Waals surface area contributed by atoms with Crippen LogP contribution in [0.5, 0.6) is 0 Å². The summed E-state index contributed by atoms with van der Waals surface area (Å²) in [6.07, 6.45) is 3.47. The van der Waals surface area contributed by atoms with Gasteiger partial charge in [-0.05, 0) is 60.9 Å². The van der Waals surface area contributed by atoms with E-state index < -0.39 is 0 Å². The maximum atomic E-state index is 12.7. The van der Waals surface area contributed by atoms with Crippen molar-refractivity contribution in [3.63, 3.8) is 0 Å². The van der Waals surface area contributed by atoms with Crippen LogP contribution in [0.1, 0.15) is 32.9 Å². The summed E-state index contributed by atoms with van der Waals surface area (Å²) in [6.45, 7) is 2.01. The lowest BCUT2D eigenvalue weighted by Gasteiger charge is -2.04. The van der Waals surface area contributed by atoms with E-state index in [4.69, 9.17) is 0 Å². The maximum Gasteiger partial charge on any atom is 0.273 e. The largest absolute Gasteiger partial charge is 0.317 e. The van der Waals surface area contributed by atoms with Crippen LogP contribution >= 0.6 is 11.3 Å². The molecule has 0 bridgehead atoms. The average Bonchev–Trinajstić information content (AvgIpc) is 3.33. The number of carbonyl (C=O) groups excluding carboxylic acids is 1. The van der Waals surface area contributed by atoms with Gasteiger partial charge < -0.3 is 4.98 Å². The molecule has 5 rings (SSSR count). The molecule has 29 heavy (non-hydrogen) atoms. The van der Waals surface area contributed by atoms with Crippen molar-refractivity contribution in [1.82, 2.24) is 9.97 Å². The number of benzene rings is 2. The second kappa shape index (κ2) is 6.97. The summed E-state index contributed by atoms with van der Waals surface area (Å²) in [6, 6.07) is 15.4. The molecule has 6 heteroatoms. The van der Waals surface area contributed by atoms with Crippen molar-refractivity contribution in [2.24, 2.45) is 0 Å². The number of aromatic nitrogens is 2. The lowest BCUT2D eigenvalue weighted by atomic mass is 10.0. The van der Waals surface area contributed by atoms with Gasteiger partial charge in [0.2, 0.25) is 0 Å². The van der Waals surface area contributed by atoms with Gasteiger partial charge in [-0.1, -0.05) is 30.3 Å². The maximum absolute atomic E-state index is 12.7. The summed E-state index contributed by atoms with van der Waals surface area (Å²) in [7, 11) is 0. The minimum absolute atomic E-state index is 0.223. The summed E-state index contributed by atoms with van der Waals surface area (Å²) < 4.78 is 0. The number of aryl methyl sites for hydroxylation is 3. The first kappa shape index (κ1) is 17.8. The number of amides is 1. The summed E-state index contributed by atoms with van der Waals surface area (Å²) >= 11 is 1.44. The number of fused-ring (bicyclic) bond motifs is 2. The van der Waals surface area contributed by atoms with Gasteiger partial charge in [0.05, 0.1) is 5.69 Å². The van der Waals surface area contributed by atoms with Crippen LogP contribution in [0.15, 0.2) is 53.3 Å². The molecule has 0 unspecified atom stereocenters. The van der Waals surface area contributed by atoms with Crippen molar-refractivity contribution in [3.8, 4) is 11.3 Å². The smallest absolute Gasteiger partial charge is 0.273 e. The number of pyridine rings is 1. The first-order chi connectivity index (χ1) is 14.1. The number of hydrogen-bond acceptors (Lipinski definition) is 4. The third-order valence-electron chi connectivity index (χ3n) is 5.39. The predicted molar refractivity (Wildman–Crippen MR) is 117 cm³/mol. The summed E-state index contributed by atoms with van der Waals surface area (Å²) in [5, 5.41) is 4.65. The second-order valence-electron chi connectivity index (χ2n) is 7.31. The van der Waals surface area contributed by atoms with E-state index in [2.05, 4.69) is 33.5 Å². The Balaban J connectivity index is 1.44. The lowest BCUT2D eigenvalue weighted by molar-refractivity contribution is 0.102. The molecule has 1 amide bonds. The second-order valence-corrected chi connectivity index (χ2v) is 8.52. The standard InChI is InChI=1S/C23H19N3O2S/c1-13-20(17-10-9-14-6-4-7-15(14)11-17)25-23(29-13)26-22(28)19-12-16-5-2-3-8-18(16)21(27)24-19/h2-3,5,8-12H,4,6-7H2,1H3,(H,24,27)(H,25,26,28). The van der Waals surface area contributed by atoms with Crippen molar-refractivity contribution >= 4 is 33.1 Å². The number of rotatable bonds is 3. The summed E-state index contributed by atoms with van der Waals surface area (Å²) in [5.41, 5.74) is 4.75. The van der Waals surface area contributed by atoms with E-state index in [-0.39, 0.29) is 17.2 Å². The van der Waals surface area contributed by atoms with Crippen LogP contribution < -0.4 is 10.9 Å². The summed E-state index contributed by atoms with van der Waals surface area (Å²) in [5.74, 6) is -0.373. The van der Waals surface area contributed by atoms with Crippen molar-refractivity contribution in [2.75, 3.05) is 5.32 Å². The highest BCUT2D eigenvalue weighted by Gasteiger charge is 2.17. The first-order valence-corrected chi connectivity index (χ1v) is 10.4. The van der Waals surface area contributed by atoms with Gasteiger partial charge in [0.25, 0.3) is 11.5 Å². The average molecular weight is 401 g/mol. The Morgan fingerprint density at radius 3 is 2.83 bits per heavy atom. The summed E-state index contributed by atoms with van der Waals surface area (Å²) in [4.78, 5) is 33.3. The highest BCUT2D eigenvalue weighted by Crippen LogP contribution is 2.33. The fraction of sp³-hybridized carbons (Fsp3) is 0.174. The Bertz CT molecular complexity index is 1320. The molecule has 0 aliphatic heterocycles. The number of hydrogen-bond donors (Lipinski definition) is 2. The Hall–Kier alpha value is -3.25. The van der Waals surface area contributed by atoms with Crippen LogP contribution in [0, 0.1) is 6.92 Å². The molecular formula is C23H19N3O2S. The van der Waals surface area contributed by atoms with Crippen LogP contribution in [-0.4, -0.2) is 15.9 Å². The molecule has 0 spiro atoms. The lowest BCUT2D eigenvalue weighted by Crippen LogP contribution is -2.18. The Morgan fingerprint density at radius 2 is 1.93 bits per heavy atom. The monoisotopic (exact) mass is 401 g/mol. The minimum Gasteiger partial charge on any atom is -0.317 e. The van der Waals surface area contributed by atoms with Crippen LogP contribution in [0.2, 0.25) is 0 Å². The molecule has 5 nitrogen and oxygen atoms in total. The molecule has 0 radical (unpaired) electrons. The van der Waals surface area contributed by atoms with Crippen molar-refractivity contribution in [3.05, 3.63) is 80.6 Å². The molecule has 2 aromatic heterocycles. The molecule has 2 heterocycles. The Morgan fingerprint density at radius 1 is 1.10 bits per heavy atom. The van der Waals surface area contributed by atoms with Gasteiger partial charge >= 0.3 is 0 Å². The van der Waals surface area contributed by atoms with Gasteiger partial charge in [-0.15, -0.1) is 11.3 Å². The van der Waals surface area contributed by atoms with Gasteiger partial charge in [-0.2, -0.15) is 0 Å². The molecule has 1 aliphatic carbocycles. The topological polar surface area (TPSA) is 74.8 Å². The fourth-order valence-electron chi connectivity index (χ4n) is 3.93. The third kappa shape index (κ3) is 3.25. The van der Waals surface area contributed by atoms with E-state index in [9.17, 15) is 9.59 Å². The van der Waals surface area contributed by atoms with E-state index in [0.717, 1.165) is 34.4 Å². The number of carbonyl (C=O) groups is 1. The van der Waals surface area contributed by atoms with E-state index in [0.29, 0.717) is 10.5 Å². The van der Waals surface area contributed by atoms with Gasteiger partial charge in [0.1, 0.15) is 5.69 Å². The van der Waals surface area contributed by atoms with E-state index in [1.807, 2.05) is 19.1 Å². The van der Waals surface area contributed by atoms with Crippen LogP contribution in [-0.2, 0) is 12.8 Å². The molecule has 1 aliphatic rings. The van der Waals surface area contributed by atoms with Crippen LogP contribution in [0.4, 0.5) is 5.13 Å². The number of anilines is 1. The highest BCUT2D eigenvalue weighted by atomic mass is 32.1. The van der Waals surface area contributed by atoms with Crippen LogP contribution in [0.3, 0.4) is 0 Å². The van der Waals surface area contributed by atoms with Crippen molar-refractivity contribution in [2.45, 2.75) is 26.2 Å². The number of nitrogens with one attached hydrogen (secondary N) is 2. The van der Waals surface area contributed by atoms with Crippen molar-refractivity contribution < 1.29 is 4.79 Å². The molecule has 2 N–H and O–H groups in total. The van der Waals surface area contributed by atoms with Gasteiger partial charge in [-0.25, -0.2) is 4.98 Å². The molecule has 0 saturated heterocycles. The van der Waals surface area contributed by atoms with E-state index >= 15 is 0 Å². The molecule has 0 atom stereocenters. The fourth-order valence-corrected chi connectivity index (χ4v) is 4.77. The Labute approximate surface area is 171 Å². The van der Waals surface area contributed by atoms with Crippen LogP contribution in [0.25, 0.3) is 22.0 Å². The van der Waals surface area contributed by atoms with Gasteiger partial charge in [-0.3, -0.25) is 14.9 Å². The number of nitrogens with zero attached hydrogens (tertiary/aromatic N) is 1. The molecule has 4 aromatic rings. The zero-order valence-corrected chi connectivity index (χ0v) is 16.7. The van der Waals surface area contributed by atoms with Gasteiger partial charge in [0.15, 0.2) is 5.13 Å². The number of H-pyrrole nitrogens is 1. The molecular weight excluding hydrogens is 382 g/mol. The van der Waals surface area contributed by atoms with Crippen molar-refractivity contribution in [1.29, 1.82) is 0 Å². The normalized spacial score (nSPS) is 12.9. The first-order valence-electron chi connectivity index (χ1n) is 9.61. The SMILES string of the molecule is Cc1sc(NC(=O)c2cc3ccccc3c(=O)[nH]2)nc1-c1ccc2c(c1)CCC2. The molecule has 2 aromatic carbocycles. The molecule has 0 saturated carbocycles. The zero-order valence-electron chi connectivity index (χ0n) is 15.9. The quantitative estimate of drug-likeness (QED) is 0.522. The Kier molecular flexibility index (Phi) is 4.28. The van der Waals surface area contributed by atoms with E-state index in [1.165, 1.54) is 28.9 Å². The number of thiazole rings is 1. The number of aromatic amines is 1. The van der Waals surface area contributed by atoms with Gasteiger partial charge in [0, 0.05) is 15.8 Å². The highest BCUT2D eigenvalue weighted by molar-refractivity contribution is 7.16.